The minimum atomic E-state index is -3.17. The molecule has 0 aromatic heterocycles. The number of carbonyl (C=O) groups excluding carboxylic acids is 1. The molecule has 1 unspecified atom stereocenters. The molecule has 1 rings (SSSR count). The van der Waals surface area contributed by atoms with Crippen LogP contribution in [0.25, 0.3) is 0 Å². The molecular weight excluding hydrogens is 281 g/mol. The number of alkyl halides is 2. The van der Waals surface area contributed by atoms with E-state index >= 15 is 0 Å². The number of benzene rings is 1. The summed E-state index contributed by atoms with van der Waals surface area (Å²) in [7, 11) is 0. The normalized spacial score (nSPS) is 12.1. The van der Waals surface area contributed by atoms with Gasteiger partial charge in [0.25, 0.3) is 0 Å². The minimum Gasteiger partial charge on any atom is -0.481 e. The molecule has 0 heterocycles. The van der Waals surface area contributed by atoms with Gasteiger partial charge in [0.2, 0.25) is 5.91 Å². The Morgan fingerprint density at radius 2 is 2.05 bits per heavy atom. The summed E-state index contributed by atoms with van der Waals surface area (Å²) in [4.78, 5) is 21.8. The fraction of sp³-hybridized carbons (Fsp3) is 0.273. The molecule has 20 heavy (non-hydrogen) atoms. The van der Waals surface area contributed by atoms with Gasteiger partial charge in [0.05, 0.1) is 12.5 Å². The third-order valence-corrected chi connectivity index (χ3v) is 2.15. The zero-order valence-electron chi connectivity index (χ0n) is 9.98. The van der Waals surface area contributed by atoms with E-state index in [9.17, 15) is 22.8 Å². The molecule has 0 aliphatic carbocycles. The van der Waals surface area contributed by atoms with Crippen LogP contribution >= 0.6 is 0 Å². The van der Waals surface area contributed by atoms with Crippen LogP contribution in [0.5, 0.6) is 5.75 Å². The van der Waals surface area contributed by atoms with Crippen molar-refractivity contribution in [2.45, 2.75) is 19.1 Å². The Hall–Kier alpha value is -2.29. The number of aliphatic carboxylic acids is 1. The molecule has 1 atom stereocenters. The maximum Gasteiger partial charge on any atom is 0.387 e. The van der Waals surface area contributed by atoms with E-state index in [-0.39, 0.29) is 5.69 Å². The quantitative estimate of drug-likeness (QED) is 0.730. The lowest BCUT2D eigenvalue weighted by atomic mass is 10.2. The molecule has 1 aromatic carbocycles. The first-order valence-corrected chi connectivity index (χ1v) is 5.32. The summed E-state index contributed by atoms with van der Waals surface area (Å²) in [6.45, 7) is -3.17. The van der Waals surface area contributed by atoms with Crippen molar-refractivity contribution in [1.82, 2.24) is 0 Å². The Labute approximate surface area is 111 Å². The lowest BCUT2D eigenvalue weighted by molar-refractivity contribution is -0.138. The number of anilines is 1. The predicted molar refractivity (Wildman–Crippen MR) is 61.9 cm³/mol. The van der Waals surface area contributed by atoms with E-state index in [2.05, 4.69) is 10.1 Å². The van der Waals surface area contributed by atoms with Gasteiger partial charge < -0.3 is 20.9 Å². The first-order valence-electron chi connectivity index (χ1n) is 5.32. The van der Waals surface area contributed by atoms with Crippen molar-refractivity contribution in [2.24, 2.45) is 5.73 Å². The van der Waals surface area contributed by atoms with E-state index in [4.69, 9.17) is 10.8 Å². The van der Waals surface area contributed by atoms with Crippen molar-refractivity contribution >= 4 is 17.6 Å². The molecule has 0 fully saturated rings. The lowest BCUT2D eigenvalue weighted by Gasteiger charge is -2.11. The van der Waals surface area contributed by atoms with Gasteiger partial charge in [-0.1, -0.05) is 0 Å². The summed E-state index contributed by atoms with van der Waals surface area (Å²) < 4.78 is 41.0. The van der Waals surface area contributed by atoms with E-state index in [1.165, 1.54) is 0 Å². The van der Waals surface area contributed by atoms with Gasteiger partial charge in [0.15, 0.2) is 11.6 Å². The highest BCUT2D eigenvalue weighted by Crippen LogP contribution is 2.22. The second kappa shape index (κ2) is 6.75. The zero-order valence-corrected chi connectivity index (χ0v) is 9.98. The molecule has 0 saturated carbocycles. The van der Waals surface area contributed by atoms with E-state index in [0.717, 1.165) is 18.2 Å². The van der Waals surface area contributed by atoms with E-state index < -0.39 is 42.5 Å². The van der Waals surface area contributed by atoms with E-state index in [0.29, 0.717) is 0 Å². The Kier molecular flexibility index (Phi) is 5.32. The van der Waals surface area contributed by atoms with Crippen molar-refractivity contribution < 1.29 is 32.6 Å². The van der Waals surface area contributed by atoms with Crippen LogP contribution in [0.2, 0.25) is 0 Å². The van der Waals surface area contributed by atoms with Gasteiger partial charge in [-0.15, -0.1) is 0 Å². The molecule has 0 saturated heterocycles. The van der Waals surface area contributed by atoms with Crippen molar-refractivity contribution in [3.05, 3.63) is 24.0 Å². The minimum absolute atomic E-state index is 0.0602. The van der Waals surface area contributed by atoms with Crippen molar-refractivity contribution in [3.63, 3.8) is 0 Å². The highest BCUT2D eigenvalue weighted by molar-refractivity contribution is 5.96. The molecular formula is C11H11F3N2O4. The smallest absolute Gasteiger partial charge is 0.387 e. The summed E-state index contributed by atoms with van der Waals surface area (Å²) >= 11 is 0. The van der Waals surface area contributed by atoms with Crippen LogP contribution in [0.15, 0.2) is 18.2 Å². The van der Waals surface area contributed by atoms with Crippen LogP contribution in [-0.2, 0) is 9.59 Å². The van der Waals surface area contributed by atoms with Gasteiger partial charge in [0, 0.05) is 11.8 Å². The van der Waals surface area contributed by atoms with Crippen LogP contribution in [0.1, 0.15) is 6.42 Å². The number of halogens is 3. The molecule has 0 aliphatic rings. The number of hydrogen-bond acceptors (Lipinski definition) is 4. The fourth-order valence-electron chi connectivity index (χ4n) is 1.29. The number of carboxylic acid groups (broad SMARTS) is 1. The summed E-state index contributed by atoms with van der Waals surface area (Å²) in [6.07, 6.45) is -0.596. The Morgan fingerprint density at radius 3 is 2.55 bits per heavy atom. The molecule has 6 nitrogen and oxygen atoms in total. The second-order valence-electron chi connectivity index (χ2n) is 3.72. The molecule has 0 spiro atoms. The van der Waals surface area contributed by atoms with Crippen LogP contribution in [0, 0.1) is 5.82 Å². The SMILES string of the molecule is NC(CC(=O)O)C(=O)Nc1ccc(OC(F)F)c(F)c1. The highest BCUT2D eigenvalue weighted by atomic mass is 19.3. The van der Waals surface area contributed by atoms with Crippen LogP contribution in [-0.4, -0.2) is 29.6 Å². The Morgan fingerprint density at radius 1 is 1.40 bits per heavy atom. The van der Waals surface area contributed by atoms with Gasteiger partial charge in [0.1, 0.15) is 0 Å². The van der Waals surface area contributed by atoms with Crippen molar-refractivity contribution in [2.75, 3.05) is 5.32 Å². The average molecular weight is 292 g/mol. The number of rotatable bonds is 6. The maximum absolute atomic E-state index is 13.3. The summed E-state index contributed by atoms with van der Waals surface area (Å²) in [5.74, 6) is -3.88. The molecule has 0 bridgehead atoms. The standard InChI is InChI=1S/C11H11F3N2O4/c12-6-3-5(1-2-8(6)20-11(13)14)16-10(19)7(15)4-9(17)18/h1-3,7,11H,4,15H2,(H,16,19)(H,17,18). The molecule has 4 N–H and O–H groups in total. The highest BCUT2D eigenvalue weighted by Gasteiger charge is 2.18. The van der Waals surface area contributed by atoms with Crippen LogP contribution in [0.4, 0.5) is 18.9 Å². The number of nitrogens with two attached hydrogens (primary N) is 1. The molecule has 0 radical (unpaired) electrons. The topological polar surface area (TPSA) is 102 Å². The summed E-state index contributed by atoms with van der Waals surface area (Å²) in [5, 5.41) is 10.6. The Bertz CT molecular complexity index is 510. The van der Waals surface area contributed by atoms with Crippen molar-refractivity contribution in [3.8, 4) is 5.75 Å². The predicted octanol–water partition coefficient (Wildman–Crippen LogP) is 1.17. The summed E-state index contributed by atoms with van der Waals surface area (Å²) in [5.41, 5.74) is 5.23. The first-order chi connectivity index (χ1) is 9.29. The van der Waals surface area contributed by atoms with E-state index in [1.54, 1.807) is 0 Å². The molecule has 1 amide bonds. The lowest BCUT2D eigenvalue weighted by Crippen LogP contribution is -2.37. The fourth-order valence-corrected chi connectivity index (χ4v) is 1.29. The molecule has 9 heteroatoms. The maximum atomic E-state index is 13.3. The van der Waals surface area contributed by atoms with Crippen LogP contribution in [0.3, 0.4) is 0 Å². The van der Waals surface area contributed by atoms with Gasteiger partial charge in [-0.05, 0) is 12.1 Å². The number of amides is 1. The van der Waals surface area contributed by atoms with Gasteiger partial charge in [-0.3, -0.25) is 9.59 Å². The van der Waals surface area contributed by atoms with E-state index in [1.807, 2.05) is 0 Å². The number of nitrogens with one attached hydrogen (secondary N) is 1. The largest absolute Gasteiger partial charge is 0.481 e. The molecule has 1 aromatic rings. The zero-order chi connectivity index (χ0) is 15.3. The second-order valence-corrected chi connectivity index (χ2v) is 3.72. The average Bonchev–Trinajstić information content (AvgIpc) is 2.31. The Balaban J connectivity index is 2.71. The number of hydrogen-bond donors (Lipinski definition) is 3. The van der Waals surface area contributed by atoms with Crippen molar-refractivity contribution in [1.29, 1.82) is 0 Å². The van der Waals surface area contributed by atoms with Crippen LogP contribution < -0.4 is 15.8 Å². The number of ether oxygens (including phenoxy) is 1. The third-order valence-electron chi connectivity index (χ3n) is 2.15. The first kappa shape index (κ1) is 15.8. The summed E-state index contributed by atoms with van der Waals surface area (Å²) in [6, 6.07) is 1.46. The van der Waals surface area contributed by atoms with Gasteiger partial charge in [-0.2, -0.15) is 8.78 Å². The number of carboxylic acids is 1. The molecule has 0 aliphatic heterocycles. The number of carbonyl (C=O) groups is 2. The monoisotopic (exact) mass is 292 g/mol. The third kappa shape index (κ3) is 4.76. The van der Waals surface area contributed by atoms with Gasteiger partial charge in [-0.25, -0.2) is 4.39 Å². The molecule has 110 valence electrons. The van der Waals surface area contributed by atoms with Gasteiger partial charge >= 0.3 is 12.6 Å².